The zero-order valence-corrected chi connectivity index (χ0v) is 11.4. The van der Waals surface area contributed by atoms with E-state index in [2.05, 4.69) is 5.32 Å². The fourth-order valence-electron chi connectivity index (χ4n) is 1.87. The van der Waals surface area contributed by atoms with Gasteiger partial charge < -0.3 is 15.5 Å². The molecule has 0 atom stereocenters. The molecule has 5 heteroatoms. The molecule has 19 heavy (non-hydrogen) atoms. The van der Waals surface area contributed by atoms with E-state index in [1.54, 1.807) is 20.8 Å². The fraction of sp³-hybridized carbons (Fsp3) is 0.429. The minimum Gasteiger partial charge on any atom is -0.508 e. The molecule has 0 fully saturated rings. The van der Waals surface area contributed by atoms with Gasteiger partial charge in [0.1, 0.15) is 11.3 Å². The Hall–Kier alpha value is -2.04. The first-order valence-electron chi connectivity index (χ1n) is 6.21. The van der Waals surface area contributed by atoms with Crippen LogP contribution in [0.5, 0.6) is 5.75 Å². The number of aromatic hydroxyl groups is 1. The average molecular weight is 265 g/mol. The lowest BCUT2D eigenvalue weighted by atomic mass is 9.92. The van der Waals surface area contributed by atoms with E-state index >= 15 is 0 Å². The van der Waals surface area contributed by atoms with Crippen molar-refractivity contribution in [2.45, 2.75) is 39.2 Å². The maximum atomic E-state index is 12.1. The van der Waals surface area contributed by atoms with E-state index in [9.17, 15) is 19.8 Å². The van der Waals surface area contributed by atoms with Crippen molar-refractivity contribution >= 4 is 11.9 Å². The minimum atomic E-state index is -1.25. The molecule has 0 heterocycles. The van der Waals surface area contributed by atoms with E-state index in [1.807, 2.05) is 0 Å². The van der Waals surface area contributed by atoms with Gasteiger partial charge in [0.15, 0.2) is 0 Å². The number of phenolic OH excluding ortho intramolecular Hbond substituents is 1. The highest BCUT2D eigenvalue weighted by Gasteiger charge is 2.36. The van der Waals surface area contributed by atoms with Gasteiger partial charge in [-0.15, -0.1) is 0 Å². The number of carbonyl (C=O) groups is 2. The van der Waals surface area contributed by atoms with E-state index in [0.717, 1.165) is 0 Å². The molecule has 0 aromatic heterocycles. The molecule has 1 aromatic rings. The van der Waals surface area contributed by atoms with Gasteiger partial charge in [-0.25, -0.2) is 4.79 Å². The summed E-state index contributed by atoms with van der Waals surface area (Å²) in [5, 5.41) is 21.2. The van der Waals surface area contributed by atoms with Crippen LogP contribution in [0.2, 0.25) is 0 Å². The second kappa shape index (κ2) is 5.73. The number of phenols is 1. The molecule has 0 aliphatic carbocycles. The molecule has 1 rings (SSSR count). The van der Waals surface area contributed by atoms with E-state index in [-0.39, 0.29) is 5.75 Å². The zero-order chi connectivity index (χ0) is 14.6. The standard InChI is InChI=1S/C14H19NO4/c1-4-14(5-2,13(18)19)15-12(17)10-6-7-11(16)9(3)8-10/h6-8,16H,4-5H2,1-3H3,(H,15,17)(H,18,19). The first-order chi connectivity index (χ1) is 8.86. The number of aliphatic carboxylic acids is 1. The molecule has 0 spiro atoms. The van der Waals surface area contributed by atoms with Gasteiger partial charge in [-0.1, -0.05) is 13.8 Å². The lowest BCUT2D eigenvalue weighted by Gasteiger charge is -2.28. The smallest absolute Gasteiger partial charge is 0.329 e. The van der Waals surface area contributed by atoms with Crippen LogP contribution in [0.15, 0.2) is 18.2 Å². The molecule has 1 amide bonds. The normalized spacial score (nSPS) is 11.1. The van der Waals surface area contributed by atoms with Crippen LogP contribution in [0.3, 0.4) is 0 Å². The quantitative estimate of drug-likeness (QED) is 0.760. The van der Waals surface area contributed by atoms with Crippen molar-refractivity contribution < 1.29 is 19.8 Å². The summed E-state index contributed by atoms with van der Waals surface area (Å²) >= 11 is 0. The summed E-state index contributed by atoms with van der Waals surface area (Å²) in [5.74, 6) is -1.39. The van der Waals surface area contributed by atoms with Gasteiger partial charge in [-0.3, -0.25) is 4.79 Å². The Morgan fingerprint density at radius 2 is 1.84 bits per heavy atom. The van der Waals surface area contributed by atoms with Crippen LogP contribution in [-0.2, 0) is 4.79 Å². The summed E-state index contributed by atoms with van der Waals surface area (Å²) in [6, 6.07) is 4.42. The number of carboxylic acids is 1. The topological polar surface area (TPSA) is 86.6 Å². The molecule has 0 unspecified atom stereocenters. The highest BCUT2D eigenvalue weighted by atomic mass is 16.4. The molecule has 0 saturated carbocycles. The fourth-order valence-corrected chi connectivity index (χ4v) is 1.87. The van der Waals surface area contributed by atoms with E-state index < -0.39 is 17.4 Å². The van der Waals surface area contributed by atoms with Crippen LogP contribution in [0, 0.1) is 6.92 Å². The third-order valence-corrected chi connectivity index (χ3v) is 3.43. The Kier molecular flexibility index (Phi) is 4.53. The predicted molar refractivity (Wildman–Crippen MR) is 71.3 cm³/mol. The maximum Gasteiger partial charge on any atom is 0.329 e. The number of carbonyl (C=O) groups excluding carboxylic acids is 1. The lowest BCUT2D eigenvalue weighted by Crippen LogP contribution is -2.53. The van der Waals surface area contributed by atoms with E-state index in [0.29, 0.717) is 24.0 Å². The Morgan fingerprint density at radius 3 is 2.26 bits per heavy atom. The molecular weight excluding hydrogens is 246 g/mol. The van der Waals surface area contributed by atoms with Crippen molar-refractivity contribution in [2.75, 3.05) is 0 Å². The van der Waals surface area contributed by atoms with Gasteiger partial charge in [0.25, 0.3) is 5.91 Å². The molecule has 1 aromatic carbocycles. The largest absolute Gasteiger partial charge is 0.508 e. The van der Waals surface area contributed by atoms with Crippen LogP contribution >= 0.6 is 0 Å². The summed E-state index contributed by atoms with van der Waals surface area (Å²) in [6.07, 6.45) is 0.614. The minimum absolute atomic E-state index is 0.104. The second-order valence-corrected chi connectivity index (χ2v) is 4.55. The number of carboxylic acid groups (broad SMARTS) is 1. The van der Waals surface area contributed by atoms with Crippen LogP contribution < -0.4 is 5.32 Å². The first-order valence-corrected chi connectivity index (χ1v) is 6.21. The Labute approximate surface area is 112 Å². The molecule has 0 aliphatic heterocycles. The highest BCUT2D eigenvalue weighted by molar-refractivity contribution is 5.98. The number of benzene rings is 1. The molecule has 0 aliphatic rings. The van der Waals surface area contributed by atoms with Crippen molar-refractivity contribution in [1.29, 1.82) is 0 Å². The monoisotopic (exact) mass is 265 g/mol. The van der Waals surface area contributed by atoms with Crippen LogP contribution in [0.25, 0.3) is 0 Å². The second-order valence-electron chi connectivity index (χ2n) is 4.55. The summed E-state index contributed by atoms with van der Waals surface area (Å²) in [5.41, 5.74) is -0.340. The predicted octanol–water partition coefficient (Wildman–Crippen LogP) is 2.07. The number of hydrogen-bond donors (Lipinski definition) is 3. The average Bonchev–Trinajstić information content (AvgIpc) is 2.38. The van der Waals surface area contributed by atoms with Crippen LogP contribution in [0.1, 0.15) is 42.6 Å². The molecule has 3 N–H and O–H groups in total. The summed E-state index contributed by atoms with van der Waals surface area (Å²) < 4.78 is 0. The zero-order valence-electron chi connectivity index (χ0n) is 11.4. The van der Waals surface area contributed by atoms with Crippen molar-refractivity contribution in [3.8, 4) is 5.75 Å². The Morgan fingerprint density at radius 1 is 1.26 bits per heavy atom. The molecule has 0 saturated heterocycles. The first kappa shape index (κ1) is 15.0. The third kappa shape index (κ3) is 3.05. The number of nitrogens with one attached hydrogen (secondary N) is 1. The summed E-state index contributed by atoms with van der Waals surface area (Å²) in [7, 11) is 0. The van der Waals surface area contributed by atoms with Crippen molar-refractivity contribution in [1.82, 2.24) is 5.32 Å². The summed E-state index contributed by atoms with van der Waals surface area (Å²) in [6.45, 7) is 5.12. The third-order valence-electron chi connectivity index (χ3n) is 3.43. The lowest BCUT2D eigenvalue weighted by molar-refractivity contribution is -0.144. The summed E-state index contributed by atoms with van der Waals surface area (Å²) in [4.78, 5) is 23.4. The SMILES string of the molecule is CCC(CC)(NC(=O)c1ccc(O)c(C)c1)C(=O)O. The van der Waals surface area contributed by atoms with Gasteiger partial charge in [0, 0.05) is 5.56 Å². The van der Waals surface area contributed by atoms with Gasteiger partial charge in [0.2, 0.25) is 0 Å². The van der Waals surface area contributed by atoms with Gasteiger partial charge >= 0.3 is 5.97 Å². The number of amides is 1. The Balaban J connectivity index is 3.00. The Bertz CT molecular complexity index is 492. The van der Waals surface area contributed by atoms with E-state index in [1.165, 1.54) is 18.2 Å². The van der Waals surface area contributed by atoms with Crippen LogP contribution in [-0.4, -0.2) is 27.6 Å². The number of aryl methyl sites for hydroxylation is 1. The molecule has 5 nitrogen and oxygen atoms in total. The van der Waals surface area contributed by atoms with Gasteiger partial charge in [-0.2, -0.15) is 0 Å². The van der Waals surface area contributed by atoms with E-state index in [4.69, 9.17) is 0 Å². The molecule has 104 valence electrons. The molecule has 0 bridgehead atoms. The van der Waals surface area contributed by atoms with Crippen molar-refractivity contribution in [3.05, 3.63) is 29.3 Å². The molecule has 0 radical (unpaired) electrons. The number of hydrogen-bond acceptors (Lipinski definition) is 3. The molecular formula is C14H19NO4. The van der Waals surface area contributed by atoms with Gasteiger partial charge in [-0.05, 0) is 43.5 Å². The maximum absolute atomic E-state index is 12.1. The number of rotatable bonds is 5. The van der Waals surface area contributed by atoms with Crippen molar-refractivity contribution in [2.24, 2.45) is 0 Å². The van der Waals surface area contributed by atoms with Gasteiger partial charge in [0.05, 0.1) is 0 Å². The van der Waals surface area contributed by atoms with Crippen molar-refractivity contribution in [3.63, 3.8) is 0 Å². The van der Waals surface area contributed by atoms with Crippen LogP contribution in [0.4, 0.5) is 0 Å². The highest BCUT2D eigenvalue weighted by Crippen LogP contribution is 2.20.